The number of para-hydroxylation sites is 1. The van der Waals surface area contributed by atoms with Crippen LogP contribution in [0.5, 0.6) is 17.2 Å². The molecule has 222 valence electrons. The predicted molar refractivity (Wildman–Crippen MR) is 157 cm³/mol. The number of fused-ring (bicyclic) bond motifs is 1. The largest absolute Gasteiger partial charge is 0.505 e. The number of aryl methyl sites for hydroxylation is 1. The summed E-state index contributed by atoms with van der Waals surface area (Å²) in [4.78, 5) is 34.0. The fraction of sp³-hybridized carbons (Fsp3) is 0.0357. The summed E-state index contributed by atoms with van der Waals surface area (Å²) >= 11 is 0. The Morgan fingerprint density at radius 2 is 1.48 bits per heavy atom. The number of hydrogen-bond acceptors (Lipinski definition) is 14. The number of rotatable bonds is 11. The monoisotopic (exact) mass is 615 g/mol. The third-order valence-electron chi connectivity index (χ3n) is 5.87. The van der Waals surface area contributed by atoms with E-state index in [1.54, 1.807) is 6.92 Å². The SMILES string of the molecule is Cc1nc(Nc2ccccc2)nc(Nc2cc(S(=O)(=O)O)cc3ccc(N=Nc4cc(OC=O)cc(OC=O)c4)c(O)c23)n1. The molecule has 15 nitrogen and oxygen atoms in total. The molecule has 4 N–H and O–H groups in total. The van der Waals surface area contributed by atoms with Gasteiger partial charge < -0.3 is 25.2 Å². The Morgan fingerprint density at radius 1 is 0.818 bits per heavy atom. The zero-order valence-corrected chi connectivity index (χ0v) is 23.4. The molecule has 0 saturated heterocycles. The first-order chi connectivity index (χ1) is 21.1. The molecule has 16 heteroatoms. The van der Waals surface area contributed by atoms with Gasteiger partial charge in [-0.15, -0.1) is 5.11 Å². The van der Waals surface area contributed by atoms with E-state index in [9.17, 15) is 27.7 Å². The lowest BCUT2D eigenvalue weighted by molar-refractivity contribution is -0.121. The van der Waals surface area contributed by atoms with E-state index >= 15 is 0 Å². The number of phenols is 1. The Kier molecular flexibility index (Phi) is 8.36. The van der Waals surface area contributed by atoms with Crippen LogP contribution in [0.2, 0.25) is 0 Å². The quantitative estimate of drug-likeness (QED) is 0.0848. The van der Waals surface area contributed by atoms with E-state index in [2.05, 4.69) is 35.8 Å². The predicted octanol–water partition coefficient (Wildman–Crippen LogP) is 5.26. The van der Waals surface area contributed by atoms with Crippen LogP contribution in [-0.4, -0.2) is 46.0 Å². The smallest absolute Gasteiger partial charge is 0.298 e. The number of phenolic OH excluding ortho intramolecular Hbond substituents is 1. The summed E-state index contributed by atoms with van der Waals surface area (Å²) in [7, 11) is -4.66. The number of carbonyl (C=O) groups excluding carboxylic acids is 2. The average molecular weight is 616 g/mol. The number of aromatic hydroxyl groups is 1. The van der Waals surface area contributed by atoms with Gasteiger partial charge in [0.25, 0.3) is 23.1 Å². The van der Waals surface area contributed by atoms with Gasteiger partial charge in [0.1, 0.15) is 23.0 Å². The van der Waals surface area contributed by atoms with E-state index in [0.29, 0.717) is 11.5 Å². The molecular formula is C28H21N7O8S. The summed E-state index contributed by atoms with van der Waals surface area (Å²) < 4.78 is 43.5. The number of benzene rings is 4. The van der Waals surface area contributed by atoms with Crippen molar-refractivity contribution in [3.63, 3.8) is 0 Å². The van der Waals surface area contributed by atoms with Crippen molar-refractivity contribution in [1.29, 1.82) is 0 Å². The lowest BCUT2D eigenvalue weighted by Gasteiger charge is -2.14. The van der Waals surface area contributed by atoms with Crippen molar-refractivity contribution in [2.24, 2.45) is 10.2 Å². The number of aromatic nitrogens is 3. The second-order valence-corrected chi connectivity index (χ2v) is 10.3. The van der Waals surface area contributed by atoms with Gasteiger partial charge in [0.15, 0.2) is 5.75 Å². The molecule has 0 saturated carbocycles. The molecule has 0 amide bonds. The number of hydrogen-bond donors (Lipinski definition) is 4. The standard InChI is InChI=1S/C28H21N7O8S/c1-16-29-27(31-18-5-3-2-4-6-18)33-28(30-16)32-24-13-22(44(39,40)41)9-17-7-8-23(26(38)25(17)24)35-34-19-10-20(42-14-36)12-21(11-19)43-15-37/h2-15,38H,1H3,(H,39,40,41)(H2,29,30,31,32,33). The topological polar surface area (TPSA) is 215 Å². The maximum atomic E-state index is 12.1. The van der Waals surface area contributed by atoms with Gasteiger partial charge in [0, 0.05) is 29.3 Å². The van der Waals surface area contributed by atoms with Gasteiger partial charge in [-0.25, -0.2) is 0 Å². The number of azo groups is 1. The van der Waals surface area contributed by atoms with E-state index in [-0.39, 0.29) is 64.2 Å². The zero-order chi connectivity index (χ0) is 31.3. The second kappa shape index (κ2) is 12.5. The molecule has 0 atom stereocenters. The molecule has 5 aromatic rings. The van der Waals surface area contributed by atoms with Gasteiger partial charge in [0.05, 0.1) is 16.3 Å². The molecule has 0 bridgehead atoms. The third-order valence-corrected chi connectivity index (χ3v) is 6.70. The van der Waals surface area contributed by atoms with Crippen LogP contribution in [0.1, 0.15) is 5.82 Å². The fourth-order valence-electron chi connectivity index (χ4n) is 4.07. The number of anilines is 4. The van der Waals surface area contributed by atoms with E-state index < -0.39 is 20.8 Å². The van der Waals surface area contributed by atoms with Crippen LogP contribution < -0.4 is 20.1 Å². The minimum atomic E-state index is -4.66. The molecule has 0 aliphatic heterocycles. The molecule has 4 aromatic carbocycles. The van der Waals surface area contributed by atoms with Gasteiger partial charge in [-0.05, 0) is 42.6 Å². The van der Waals surface area contributed by atoms with Crippen LogP contribution in [-0.2, 0) is 19.7 Å². The van der Waals surface area contributed by atoms with Crippen molar-refractivity contribution in [2.75, 3.05) is 10.6 Å². The summed E-state index contributed by atoms with van der Waals surface area (Å²) in [6, 6.07) is 18.2. The van der Waals surface area contributed by atoms with Gasteiger partial charge >= 0.3 is 0 Å². The number of nitrogens with one attached hydrogen (secondary N) is 2. The van der Waals surface area contributed by atoms with Crippen LogP contribution >= 0.6 is 0 Å². The minimum absolute atomic E-state index is 0.00542. The Balaban J connectivity index is 1.57. The molecular weight excluding hydrogens is 594 g/mol. The average Bonchev–Trinajstić information content (AvgIpc) is 2.97. The van der Waals surface area contributed by atoms with Crippen LogP contribution in [0.3, 0.4) is 0 Å². The van der Waals surface area contributed by atoms with Gasteiger partial charge in [-0.2, -0.15) is 28.5 Å². The Bertz CT molecular complexity index is 1990. The minimum Gasteiger partial charge on any atom is -0.505 e. The highest BCUT2D eigenvalue weighted by Crippen LogP contribution is 2.42. The zero-order valence-electron chi connectivity index (χ0n) is 22.6. The Hall–Kier alpha value is -6.00. The lowest BCUT2D eigenvalue weighted by atomic mass is 10.1. The fourth-order valence-corrected chi connectivity index (χ4v) is 4.62. The van der Waals surface area contributed by atoms with Crippen molar-refractivity contribution in [2.45, 2.75) is 11.8 Å². The van der Waals surface area contributed by atoms with Crippen molar-refractivity contribution < 1.29 is 37.1 Å². The Morgan fingerprint density at radius 3 is 2.11 bits per heavy atom. The van der Waals surface area contributed by atoms with Gasteiger partial charge in [-0.1, -0.05) is 24.3 Å². The highest BCUT2D eigenvalue weighted by atomic mass is 32.2. The Labute approximate surface area is 249 Å². The van der Waals surface area contributed by atoms with E-state index in [1.807, 2.05) is 30.3 Å². The molecule has 0 unspecified atom stereocenters. The van der Waals surface area contributed by atoms with Gasteiger partial charge in [0.2, 0.25) is 11.9 Å². The molecule has 0 fully saturated rings. The second-order valence-electron chi connectivity index (χ2n) is 8.91. The molecule has 1 aromatic heterocycles. The van der Waals surface area contributed by atoms with Crippen LogP contribution in [0.15, 0.2) is 87.9 Å². The maximum Gasteiger partial charge on any atom is 0.298 e. The van der Waals surface area contributed by atoms with Gasteiger partial charge in [-0.3, -0.25) is 14.1 Å². The number of nitrogens with zero attached hydrogens (tertiary/aromatic N) is 5. The summed E-state index contributed by atoms with van der Waals surface area (Å²) in [5, 5.41) is 25.6. The van der Waals surface area contributed by atoms with Crippen LogP contribution in [0.25, 0.3) is 10.8 Å². The first-order valence-corrected chi connectivity index (χ1v) is 13.9. The summed E-state index contributed by atoms with van der Waals surface area (Å²) in [5.74, 6) is 0.162. The first kappa shape index (κ1) is 29.5. The third kappa shape index (κ3) is 6.89. The van der Waals surface area contributed by atoms with Crippen molar-refractivity contribution >= 4 is 68.5 Å². The molecule has 44 heavy (non-hydrogen) atoms. The van der Waals surface area contributed by atoms with Crippen molar-refractivity contribution in [3.05, 3.63) is 78.6 Å². The molecule has 5 rings (SSSR count). The summed E-state index contributed by atoms with van der Waals surface area (Å²) in [6.45, 7) is 1.99. The van der Waals surface area contributed by atoms with Crippen molar-refractivity contribution in [3.8, 4) is 17.2 Å². The first-order valence-electron chi connectivity index (χ1n) is 12.5. The molecule has 0 spiro atoms. The summed E-state index contributed by atoms with van der Waals surface area (Å²) in [5.41, 5.74) is 0.797. The van der Waals surface area contributed by atoms with Crippen molar-refractivity contribution in [1.82, 2.24) is 15.0 Å². The lowest BCUT2D eigenvalue weighted by Crippen LogP contribution is -2.06. The maximum absolute atomic E-state index is 12.1. The molecule has 0 aliphatic carbocycles. The normalized spacial score (nSPS) is 11.3. The number of ether oxygens (including phenoxy) is 2. The summed E-state index contributed by atoms with van der Waals surface area (Å²) in [6.07, 6.45) is 0. The van der Waals surface area contributed by atoms with Crippen LogP contribution in [0, 0.1) is 6.92 Å². The highest BCUT2D eigenvalue weighted by molar-refractivity contribution is 7.85. The molecule has 1 heterocycles. The number of carbonyl (C=O) groups is 2. The van der Waals surface area contributed by atoms with E-state index in [4.69, 9.17) is 9.47 Å². The molecule has 0 radical (unpaired) electrons. The van der Waals surface area contributed by atoms with E-state index in [0.717, 1.165) is 6.07 Å². The molecule has 0 aliphatic rings. The highest BCUT2D eigenvalue weighted by Gasteiger charge is 2.19. The van der Waals surface area contributed by atoms with E-state index in [1.165, 1.54) is 36.4 Å². The van der Waals surface area contributed by atoms with Crippen LogP contribution in [0.4, 0.5) is 34.6 Å².